The first kappa shape index (κ1) is 16.5. The molecule has 0 aliphatic carbocycles. The number of hydrogen-bond donors (Lipinski definition) is 1. The average Bonchev–Trinajstić information content (AvgIpc) is 2.43. The standard InChI is InChI=1S/C17H17BrINO/c1-10-4-5-11(2)14(8-10)12(3)20-17(21)15-9-13(18)6-7-16(15)19/h4-9,12H,1-3H3,(H,20,21). The van der Waals surface area contributed by atoms with Crippen LogP contribution in [0.5, 0.6) is 0 Å². The second kappa shape index (κ2) is 6.92. The zero-order chi connectivity index (χ0) is 15.6. The molecule has 1 atom stereocenters. The van der Waals surface area contributed by atoms with Crippen molar-refractivity contribution in [3.63, 3.8) is 0 Å². The highest BCUT2D eigenvalue weighted by Gasteiger charge is 2.15. The van der Waals surface area contributed by atoms with Crippen LogP contribution in [-0.4, -0.2) is 5.91 Å². The van der Waals surface area contributed by atoms with E-state index < -0.39 is 0 Å². The van der Waals surface area contributed by atoms with Gasteiger partial charge in [0.1, 0.15) is 0 Å². The van der Waals surface area contributed by atoms with Gasteiger partial charge >= 0.3 is 0 Å². The lowest BCUT2D eigenvalue weighted by molar-refractivity contribution is 0.0939. The fourth-order valence-corrected chi connectivity index (χ4v) is 3.19. The van der Waals surface area contributed by atoms with Gasteiger partial charge in [0, 0.05) is 8.04 Å². The molecule has 0 heterocycles. The lowest BCUT2D eigenvalue weighted by Gasteiger charge is -2.18. The Labute approximate surface area is 147 Å². The zero-order valence-electron chi connectivity index (χ0n) is 12.2. The van der Waals surface area contributed by atoms with Gasteiger partial charge in [0.2, 0.25) is 0 Å². The molecule has 1 amide bonds. The molecule has 110 valence electrons. The van der Waals surface area contributed by atoms with E-state index in [1.807, 2.05) is 25.1 Å². The van der Waals surface area contributed by atoms with Crippen LogP contribution in [0.4, 0.5) is 0 Å². The molecule has 2 rings (SSSR count). The Kier molecular flexibility index (Phi) is 5.43. The van der Waals surface area contributed by atoms with E-state index in [0.717, 1.165) is 13.6 Å². The van der Waals surface area contributed by atoms with Gasteiger partial charge in [-0.3, -0.25) is 4.79 Å². The van der Waals surface area contributed by atoms with Crippen LogP contribution < -0.4 is 5.32 Å². The molecule has 0 fully saturated rings. The minimum absolute atomic E-state index is 0.0211. The van der Waals surface area contributed by atoms with Crippen LogP contribution in [0.3, 0.4) is 0 Å². The van der Waals surface area contributed by atoms with Gasteiger partial charge in [0.15, 0.2) is 0 Å². The summed E-state index contributed by atoms with van der Waals surface area (Å²) < 4.78 is 1.86. The summed E-state index contributed by atoms with van der Waals surface area (Å²) in [7, 11) is 0. The first-order valence-electron chi connectivity index (χ1n) is 6.71. The fraction of sp³-hybridized carbons (Fsp3) is 0.235. The van der Waals surface area contributed by atoms with E-state index in [1.54, 1.807) is 0 Å². The molecule has 1 N–H and O–H groups in total. The van der Waals surface area contributed by atoms with Crippen molar-refractivity contribution in [3.05, 3.63) is 66.7 Å². The summed E-state index contributed by atoms with van der Waals surface area (Å²) in [4.78, 5) is 12.5. The average molecular weight is 458 g/mol. The molecule has 0 bridgehead atoms. The number of amides is 1. The van der Waals surface area contributed by atoms with Crippen molar-refractivity contribution in [1.82, 2.24) is 5.32 Å². The maximum absolute atomic E-state index is 12.5. The molecule has 0 saturated heterocycles. The van der Waals surface area contributed by atoms with Gasteiger partial charge in [-0.15, -0.1) is 0 Å². The second-order valence-electron chi connectivity index (χ2n) is 5.18. The molecule has 0 spiro atoms. The van der Waals surface area contributed by atoms with Gasteiger partial charge < -0.3 is 5.32 Å². The van der Waals surface area contributed by atoms with E-state index in [0.29, 0.717) is 5.56 Å². The molecule has 2 aromatic rings. The smallest absolute Gasteiger partial charge is 0.252 e. The maximum atomic E-state index is 12.5. The summed E-state index contributed by atoms with van der Waals surface area (Å²) in [6.07, 6.45) is 0. The van der Waals surface area contributed by atoms with Gasteiger partial charge in [0.05, 0.1) is 11.6 Å². The van der Waals surface area contributed by atoms with E-state index >= 15 is 0 Å². The highest BCUT2D eigenvalue weighted by Crippen LogP contribution is 2.22. The SMILES string of the molecule is Cc1ccc(C)c(C(C)NC(=O)c2cc(Br)ccc2I)c1. The monoisotopic (exact) mass is 457 g/mol. The predicted molar refractivity (Wildman–Crippen MR) is 98.7 cm³/mol. The van der Waals surface area contributed by atoms with Crippen molar-refractivity contribution in [1.29, 1.82) is 0 Å². The molecule has 4 heteroatoms. The highest BCUT2D eigenvalue weighted by molar-refractivity contribution is 14.1. The van der Waals surface area contributed by atoms with Crippen LogP contribution in [-0.2, 0) is 0 Å². The van der Waals surface area contributed by atoms with E-state index in [4.69, 9.17) is 0 Å². The molecular weight excluding hydrogens is 441 g/mol. The number of nitrogens with one attached hydrogen (secondary N) is 1. The Morgan fingerprint density at radius 2 is 1.90 bits per heavy atom. The minimum Gasteiger partial charge on any atom is -0.345 e. The number of halogens is 2. The number of carbonyl (C=O) groups excluding carboxylic acids is 1. The third kappa shape index (κ3) is 4.07. The summed E-state index contributed by atoms with van der Waals surface area (Å²) in [5.74, 6) is -0.0471. The third-order valence-corrected chi connectivity index (χ3v) is 4.86. The maximum Gasteiger partial charge on any atom is 0.252 e. The van der Waals surface area contributed by atoms with Crippen molar-refractivity contribution >= 4 is 44.4 Å². The largest absolute Gasteiger partial charge is 0.345 e. The number of benzene rings is 2. The van der Waals surface area contributed by atoms with Crippen molar-refractivity contribution < 1.29 is 4.79 Å². The third-order valence-electron chi connectivity index (χ3n) is 3.42. The Morgan fingerprint density at radius 1 is 1.19 bits per heavy atom. The first-order chi connectivity index (χ1) is 9.88. The quantitative estimate of drug-likeness (QED) is 0.633. The van der Waals surface area contributed by atoms with Crippen LogP contribution in [0.2, 0.25) is 0 Å². The molecule has 0 aliphatic rings. The minimum atomic E-state index is -0.0471. The molecule has 1 unspecified atom stereocenters. The summed E-state index contributed by atoms with van der Waals surface area (Å²) in [5, 5.41) is 3.08. The fourth-order valence-electron chi connectivity index (χ4n) is 2.25. The molecule has 2 nitrogen and oxygen atoms in total. The number of aryl methyl sites for hydroxylation is 2. The highest BCUT2D eigenvalue weighted by atomic mass is 127. The normalized spacial score (nSPS) is 12.0. The predicted octanol–water partition coefficient (Wildman–Crippen LogP) is 5.16. The van der Waals surface area contributed by atoms with Gasteiger partial charge in [-0.2, -0.15) is 0 Å². The van der Waals surface area contributed by atoms with Crippen molar-refractivity contribution in [3.8, 4) is 0 Å². The van der Waals surface area contributed by atoms with Crippen molar-refractivity contribution in [2.24, 2.45) is 0 Å². The van der Waals surface area contributed by atoms with Crippen molar-refractivity contribution in [2.75, 3.05) is 0 Å². The van der Waals surface area contributed by atoms with E-state index in [-0.39, 0.29) is 11.9 Å². The van der Waals surface area contributed by atoms with Crippen LogP contribution >= 0.6 is 38.5 Å². The summed E-state index contributed by atoms with van der Waals surface area (Å²) >= 11 is 5.60. The molecule has 0 radical (unpaired) electrons. The van der Waals surface area contributed by atoms with Crippen LogP contribution in [0.25, 0.3) is 0 Å². The zero-order valence-corrected chi connectivity index (χ0v) is 15.9. The molecule has 0 aromatic heterocycles. The summed E-state index contributed by atoms with van der Waals surface area (Å²) in [6, 6.07) is 12.0. The molecule has 0 aliphatic heterocycles. The number of rotatable bonds is 3. The lowest BCUT2D eigenvalue weighted by Crippen LogP contribution is -2.27. The Morgan fingerprint density at radius 3 is 2.62 bits per heavy atom. The summed E-state index contributed by atoms with van der Waals surface area (Å²) in [6.45, 7) is 6.15. The van der Waals surface area contributed by atoms with Crippen LogP contribution in [0, 0.1) is 17.4 Å². The number of carbonyl (C=O) groups is 1. The Hall–Kier alpha value is -0.880. The Bertz CT molecular complexity index is 684. The topological polar surface area (TPSA) is 29.1 Å². The van der Waals surface area contributed by atoms with Crippen LogP contribution in [0.1, 0.15) is 40.0 Å². The molecular formula is C17H17BrINO. The van der Waals surface area contributed by atoms with Crippen molar-refractivity contribution in [2.45, 2.75) is 26.8 Å². The van der Waals surface area contributed by atoms with Gasteiger partial charge in [-0.25, -0.2) is 0 Å². The molecule has 21 heavy (non-hydrogen) atoms. The second-order valence-corrected chi connectivity index (χ2v) is 7.26. The van der Waals surface area contributed by atoms with Gasteiger partial charge in [-0.05, 0) is 72.7 Å². The first-order valence-corrected chi connectivity index (χ1v) is 8.58. The van der Waals surface area contributed by atoms with E-state index in [1.165, 1.54) is 11.1 Å². The van der Waals surface area contributed by atoms with Gasteiger partial charge in [0.25, 0.3) is 5.91 Å². The van der Waals surface area contributed by atoms with E-state index in [9.17, 15) is 4.79 Å². The molecule has 0 saturated carbocycles. The lowest BCUT2D eigenvalue weighted by atomic mass is 10.00. The number of hydrogen-bond acceptors (Lipinski definition) is 1. The summed E-state index contributed by atoms with van der Waals surface area (Å²) in [5.41, 5.74) is 4.25. The Balaban J connectivity index is 2.23. The van der Waals surface area contributed by atoms with E-state index in [2.05, 4.69) is 75.9 Å². The van der Waals surface area contributed by atoms with Gasteiger partial charge in [-0.1, -0.05) is 39.7 Å². The van der Waals surface area contributed by atoms with Crippen LogP contribution in [0.15, 0.2) is 40.9 Å². The molecule has 2 aromatic carbocycles.